The first kappa shape index (κ1) is 56.6. The van der Waals surface area contributed by atoms with Gasteiger partial charge >= 0.3 is 18.9 Å². The van der Waals surface area contributed by atoms with Gasteiger partial charge in [0.2, 0.25) is 0 Å². The van der Waals surface area contributed by atoms with E-state index >= 15 is 0 Å². The van der Waals surface area contributed by atoms with Crippen molar-refractivity contribution in [2.24, 2.45) is 0 Å². The number of nitrogens with zero attached hydrogens (tertiary/aromatic N) is 4. The van der Waals surface area contributed by atoms with E-state index in [4.69, 9.17) is 14.0 Å². The summed E-state index contributed by atoms with van der Waals surface area (Å²) in [6.45, 7) is 31.6. The third-order valence-corrected chi connectivity index (χ3v) is 24.3. The van der Waals surface area contributed by atoms with E-state index in [2.05, 4.69) is 181 Å². The summed E-state index contributed by atoms with van der Waals surface area (Å²) in [5, 5.41) is 9.10. The summed E-state index contributed by atoms with van der Waals surface area (Å²) in [5.41, 5.74) is 4.52. The number of unbranched alkanes of at least 4 members (excludes halogenated alkanes) is 1. The molecule has 8 nitrogen and oxygen atoms in total. The van der Waals surface area contributed by atoms with Crippen LogP contribution in [0.25, 0.3) is 0 Å². The minimum Gasteiger partial charge on any atom is -0.412 e. The predicted octanol–water partition coefficient (Wildman–Crippen LogP) is 11.7. The number of halogens is 5. The molecule has 0 unspecified atom stereocenters. The van der Waals surface area contributed by atoms with Crippen LogP contribution in [0.1, 0.15) is 91.3 Å². The fraction of sp³-hybridized carbons (Fsp3) is 0.576. The van der Waals surface area contributed by atoms with E-state index in [1.807, 2.05) is 12.4 Å². The van der Waals surface area contributed by atoms with Crippen molar-refractivity contribution in [1.82, 2.24) is 19.9 Å². The van der Waals surface area contributed by atoms with Gasteiger partial charge in [-0.1, -0.05) is 54.9 Å². The minimum atomic E-state index is -1.66. The Morgan fingerprint density at radius 2 is 1.21 bits per heavy atom. The van der Waals surface area contributed by atoms with E-state index in [0.717, 1.165) is 45.2 Å². The molecule has 20 heteroatoms. The van der Waals surface area contributed by atoms with Gasteiger partial charge in [-0.05, 0) is 123 Å². The third kappa shape index (κ3) is 21.9. The molecule has 53 heavy (non-hydrogen) atoms. The molecule has 4 rings (SSSR count). The standard InChI is InChI=1S/C10H17Br2NOSSi.C10H18BrNOSSi.C5H7NOS.C4HBr2NOS.C4H9.Li/c1-10(2,3)16(4,5)14-6-7-8(11)13-9(12)15-7;1-10(2,3)15(4,5)13-6-8-9(11)12-7-14-8;1-4-5(2-7)8-3-6-4;5-3-2(1-8)9-4(6)7-3;1-3-4-2;/h6H2,1-5H3;7H,6H2,1-5H3;3,7H,2H2,1H3;1H;1,3-4H2,2H3;/q;;;;-1;+1. The van der Waals surface area contributed by atoms with Crippen LogP contribution in [0, 0.1) is 13.8 Å². The molecule has 0 aromatic carbocycles. The molecule has 4 aromatic heterocycles. The Kier molecular flexibility index (Phi) is 29.1. The van der Waals surface area contributed by atoms with E-state index in [1.54, 1.807) is 28.2 Å². The zero-order chi connectivity index (χ0) is 40.5. The number of hydrogen-bond donors (Lipinski definition) is 1. The monoisotopic (exact) mass is 1150 g/mol. The fourth-order valence-corrected chi connectivity index (χ4v) is 10.7. The smallest absolute Gasteiger partial charge is 0.412 e. The Hall–Kier alpha value is 1.50. The van der Waals surface area contributed by atoms with Gasteiger partial charge in [0.15, 0.2) is 30.8 Å². The van der Waals surface area contributed by atoms with Crippen molar-refractivity contribution in [2.75, 3.05) is 0 Å². The molecule has 0 aliphatic rings. The molecular weight excluding hydrogens is 1110 g/mol. The summed E-state index contributed by atoms with van der Waals surface area (Å²) in [7, 11) is -3.28. The first-order chi connectivity index (χ1) is 23.9. The number of hydrogen-bond acceptors (Lipinski definition) is 12. The van der Waals surface area contributed by atoms with Crippen molar-refractivity contribution in [3.63, 3.8) is 0 Å². The Bertz CT molecular complexity index is 1610. The number of aromatic nitrogens is 4. The molecule has 0 aliphatic heterocycles. The second-order valence-electron chi connectivity index (χ2n) is 14.0. The third-order valence-electron chi connectivity index (χ3n) is 7.99. The number of carbonyl (C=O) groups excluding carboxylic acids is 1. The van der Waals surface area contributed by atoms with Crippen LogP contribution in [0.4, 0.5) is 0 Å². The van der Waals surface area contributed by atoms with Gasteiger partial charge in [-0.3, -0.25) is 4.79 Å². The van der Waals surface area contributed by atoms with Crippen molar-refractivity contribution in [2.45, 2.75) is 124 Å². The summed E-state index contributed by atoms with van der Waals surface area (Å²) in [6.07, 6.45) is 3.05. The van der Waals surface area contributed by atoms with E-state index < -0.39 is 16.6 Å². The maximum atomic E-state index is 10.2. The van der Waals surface area contributed by atoms with E-state index in [9.17, 15) is 4.79 Å². The topological polar surface area (TPSA) is 107 Å². The van der Waals surface area contributed by atoms with Gasteiger partial charge in [0.05, 0.1) is 51.2 Å². The molecule has 0 saturated carbocycles. The Labute approximate surface area is 390 Å². The van der Waals surface area contributed by atoms with E-state index in [0.29, 0.717) is 22.7 Å². The second-order valence-corrected chi connectivity index (χ2v) is 32.4. The van der Waals surface area contributed by atoms with Gasteiger partial charge in [-0.25, -0.2) is 19.9 Å². The minimum absolute atomic E-state index is 0. The zero-order valence-electron chi connectivity index (χ0n) is 33.0. The normalized spacial score (nSPS) is 11.4. The number of aldehydes is 1. The van der Waals surface area contributed by atoms with E-state index in [-0.39, 0.29) is 35.5 Å². The second kappa shape index (κ2) is 27.3. The summed E-state index contributed by atoms with van der Waals surface area (Å²) < 4.78 is 16.3. The SMILES string of the molecule is CC(C)(C)[Si](C)(C)OCc1sc(Br)nc1Br.CC(C)(C)[Si](C)(C)OCc1scnc1Br.Cc1ncsc1CO.O=Cc1sc(Br)nc1Br.[CH2-]CCC.[Li+]. The van der Waals surface area contributed by atoms with Crippen LogP contribution >= 0.6 is 125 Å². The average Bonchev–Trinajstić information content (AvgIpc) is 3.82. The summed E-state index contributed by atoms with van der Waals surface area (Å²) >= 11 is 22.5. The quantitative estimate of drug-likeness (QED) is 0.100. The van der Waals surface area contributed by atoms with Gasteiger partial charge < -0.3 is 20.9 Å². The Balaban J connectivity index is 0. The molecule has 296 valence electrons. The number of aryl methyl sites for hydroxylation is 1. The first-order valence-corrected chi connectivity index (χ1v) is 29.3. The largest absolute Gasteiger partial charge is 1.00 e. The van der Waals surface area contributed by atoms with Crippen molar-refractivity contribution in [3.8, 4) is 0 Å². The van der Waals surface area contributed by atoms with Crippen LogP contribution < -0.4 is 18.9 Å². The van der Waals surface area contributed by atoms with Gasteiger partial charge in [-0.15, -0.1) is 45.3 Å². The molecule has 0 aliphatic carbocycles. The molecule has 4 aromatic rings. The zero-order valence-corrected chi connectivity index (χ0v) is 46.2. The molecule has 0 amide bonds. The molecule has 0 bridgehead atoms. The average molecular weight is 1160 g/mol. The fourth-order valence-electron chi connectivity index (χ4n) is 2.51. The molecule has 0 fully saturated rings. The number of carbonyl (C=O) groups is 1. The summed E-state index contributed by atoms with van der Waals surface area (Å²) in [6, 6.07) is 0. The Morgan fingerprint density at radius 1 is 0.774 bits per heavy atom. The molecule has 4 heterocycles. The van der Waals surface area contributed by atoms with Gasteiger partial charge in [0, 0.05) is 0 Å². The maximum absolute atomic E-state index is 10.2. The number of aliphatic hydroxyl groups excluding tert-OH is 1. The number of rotatable bonds is 9. The number of thiazole rings is 4. The van der Waals surface area contributed by atoms with Crippen LogP contribution in [-0.2, 0) is 28.7 Å². The molecule has 0 spiro atoms. The Morgan fingerprint density at radius 3 is 1.47 bits per heavy atom. The van der Waals surface area contributed by atoms with Crippen molar-refractivity contribution in [3.05, 3.63) is 64.8 Å². The molecule has 0 saturated heterocycles. The maximum Gasteiger partial charge on any atom is 1.00 e. The van der Waals surface area contributed by atoms with Gasteiger partial charge in [0.25, 0.3) is 0 Å². The van der Waals surface area contributed by atoms with Crippen LogP contribution in [0.3, 0.4) is 0 Å². The molecule has 0 atom stereocenters. The van der Waals surface area contributed by atoms with Crippen LogP contribution in [-0.4, -0.2) is 48.0 Å². The molecule has 1 N–H and O–H groups in total. The van der Waals surface area contributed by atoms with Crippen LogP contribution in [0.5, 0.6) is 0 Å². The van der Waals surface area contributed by atoms with Crippen molar-refractivity contribution in [1.29, 1.82) is 0 Å². The van der Waals surface area contributed by atoms with E-state index in [1.165, 1.54) is 34.0 Å². The molecule has 0 radical (unpaired) electrons. The van der Waals surface area contributed by atoms with Gasteiger partial charge in [-0.2, -0.15) is 6.42 Å². The summed E-state index contributed by atoms with van der Waals surface area (Å²) in [4.78, 5) is 30.3. The van der Waals surface area contributed by atoms with Crippen LogP contribution in [0.15, 0.2) is 32.7 Å². The molecular formula is C33H52Br5LiN4O4S4Si2. The van der Waals surface area contributed by atoms with Crippen LogP contribution in [0.2, 0.25) is 36.3 Å². The van der Waals surface area contributed by atoms with Crippen molar-refractivity contribution >= 4 is 148 Å². The number of aliphatic hydroxyl groups is 1. The summed E-state index contributed by atoms with van der Waals surface area (Å²) in [5.74, 6) is 0. The van der Waals surface area contributed by atoms with Gasteiger partial charge in [0.1, 0.15) is 18.7 Å². The first-order valence-electron chi connectivity index (χ1n) is 16.1. The van der Waals surface area contributed by atoms with Crippen molar-refractivity contribution < 1.29 is 37.6 Å². The predicted molar refractivity (Wildman–Crippen MR) is 247 cm³/mol.